The molecule has 0 aliphatic rings. The molecule has 2 aromatic rings. The number of benzene rings is 1. The van der Waals surface area contributed by atoms with Gasteiger partial charge in [0.1, 0.15) is 0 Å². The second-order valence-corrected chi connectivity index (χ2v) is 4.03. The average Bonchev–Trinajstić information content (AvgIpc) is 2.61. The van der Waals surface area contributed by atoms with E-state index in [9.17, 15) is 4.79 Å². The number of H-pyrrole nitrogens is 1. The molecule has 6 heteroatoms. The molecule has 86 valence electrons. The Bertz CT molecular complexity index is 677. The van der Waals surface area contributed by atoms with Crippen LogP contribution in [0.1, 0.15) is 12.0 Å². The van der Waals surface area contributed by atoms with Crippen LogP contribution in [-0.2, 0) is 11.3 Å². The van der Waals surface area contributed by atoms with Gasteiger partial charge in [0.25, 0.3) is 0 Å². The molecule has 0 fully saturated rings. The van der Waals surface area contributed by atoms with Gasteiger partial charge < -0.3 is 15.3 Å². The van der Waals surface area contributed by atoms with Crippen LogP contribution in [-0.4, -0.2) is 15.5 Å². The number of nitrogens with two attached hydrogens (primary N) is 1. The maximum absolute atomic E-state index is 10.8. The Hall–Kier alpha value is -2.13. The lowest BCUT2D eigenvalue weighted by Gasteiger charge is -2.02. The number of nitrogens with zero attached hydrogens (tertiary/aromatic N) is 2. The zero-order valence-corrected chi connectivity index (χ0v) is 9.75. The van der Waals surface area contributed by atoms with E-state index >= 15 is 0 Å². The molecule has 2 rings (SSSR count). The molecule has 0 unspecified atom stereocenters. The van der Waals surface area contributed by atoms with Gasteiger partial charge in [0.2, 0.25) is 5.91 Å². The zero-order chi connectivity index (χ0) is 12.4. The van der Waals surface area contributed by atoms with E-state index in [-0.39, 0.29) is 12.3 Å². The number of primary amides is 1. The summed E-state index contributed by atoms with van der Waals surface area (Å²) in [6.45, 7) is 0.420. The monoisotopic (exact) mass is 246 g/mol. The fourth-order valence-electron chi connectivity index (χ4n) is 1.67. The molecule has 0 atom stereocenters. The molecule has 17 heavy (non-hydrogen) atoms. The van der Waals surface area contributed by atoms with Crippen molar-refractivity contribution in [1.29, 1.82) is 5.26 Å². The molecule has 1 amide bonds. The van der Waals surface area contributed by atoms with E-state index < -0.39 is 0 Å². The Balaban J connectivity index is 2.53. The number of hydrogen-bond donors (Lipinski definition) is 2. The number of carbonyl (C=O) groups is 1. The van der Waals surface area contributed by atoms with Gasteiger partial charge in [-0.1, -0.05) is 0 Å². The van der Waals surface area contributed by atoms with E-state index in [2.05, 4.69) is 11.1 Å². The highest BCUT2D eigenvalue weighted by Gasteiger charge is 2.06. The average molecular weight is 246 g/mol. The summed E-state index contributed by atoms with van der Waals surface area (Å²) >= 11 is 5.16. The van der Waals surface area contributed by atoms with Crippen LogP contribution in [0.2, 0.25) is 0 Å². The predicted molar refractivity (Wildman–Crippen MR) is 65.6 cm³/mol. The normalized spacial score (nSPS) is 10.3. The lowest BCUT2D eigenvalue weighted by molar-refractivity contribution is -0.118. The van der Waals surface area contributed by atoms with Crippen LogP contribution in [0.5, 0.6) is 0 Å². The minimum Gasteiger partial charge on any atom is -0.370 e. The number of nitriles is 1. The first kappa shape index (κ1) is 11.4. The molecule has 3 N–H and O–H groups in total. The Morgan fingerprint density at radius 3 is 3.00 bits per heavy atom. The van der Waals surface area contributed by atoms with Crippen LogP contribution in [0.15, 0.2) is 18.2 Å². The third-order valence-corrected chi connectivity index (χ3v) is 2.81. The van der Waals surface area contributed by atoms with E-state index in [1.54, 1.807) is 22.8 Å². The quantitative estimate of drug-likeness (QED) is 0.803. The van der Waals surface area contributed by atoms with E-state index in [0.29, 0.717) is 16.9 Å². The Kier molecular flexibility index (Phi) is 2.93. The minimum atomic E-state index is -0.377. The number of rotatable bonds is 3. The van der Waals surface area contributed by atoms with Crippen molar-refractivity contribution < 1.29 is 4.79 Å². The Labute approximate surface area is 102 Å². The van der Waals surface area contributed by atoms with Gasteiger partial charge in [-0.05, 0) is 30.4 Å². The molecule has 0 saturated carbocycles. The van der Waals surface area contributed by atoms with Crippen LogP contribution in [0.25, 0.3) is 11.0 Å². The van der Waals surface area contributed by atoms with E-state index in [1.165, 1.54) is 0 Å². The Morgan fingerprint density at radius 1 is 1.59 bits per heavy atom. The zero-order valence-electron chi connectivity index (χ0n) is 8.93. The summed E-state index contributed by atoms with van der Waals surface area (Å²) in [6.07, 6.45) is 0.220. The summed E-state index contributed by atoms with van der Waals surface area (Å²) in [6, 6.07) is 7.32. The van der Waals surface area contributed by atoms with Gasteiger partial charge in [-0.2, -0.15) is 5.26 Å². The molecule has 0 aliphatic heterocycles. The van der Waals surface area contributed by atoms with Crippen LogP contribution in [0, 0.1) is 16.1 Å². The van der Waals surface area contributed by atoms with Gasteiger partial charge >= 0.3 is 0 Å². The van der Waals surface area contributed by atoms with Crippen molar-refractivity contribution in [2.75, 3.05) is 0 Å². The number of nitrogens with one attached hydrogen (secondary N) is 1. The van der Waals surface area contributed by atoms with Crippen molar-refractivity contribution in [1.82, 2.24) is 9.55 Å². The molecular formula is C11H10N4OS. The van der Waals surface area contributed by atoms with Crippen molar-refractivity contribution in [2.24, 2.45) is 5.73 Å². The molecule has 0 radical (unpaired) electrons. The molecule has 0 saturated heterocycles. The second kappa shape index (κ2) is 4.39. The number of carbonyl (C=O) groups excluding carboxylic acids is 1. The molecule has 0 bridgehead atoms. The topological polar surface area (TPSA) is 87.6 Å². The number of hydrogen-bond acceptors (Lipinski definition) is 3. The van der Waals surface area contributed by atoms with Crippen molar-refractivity contribution in [3.63, 3.8) is 0 Å². The number of aromatic amines is 1. The first-order valence-corrected chi connectivity index (χ1v) is 5.43. The van der Waals surface area contributed by atoms with Gasteiger partial charge in [0, 0.05) is 13.0 Å². The highest BCUT2D eigenvalue weighted by atomic mass is 32.1. The molecule has 0 aliphatic carbocycles. The number of fused-ring (bicyclic) bond motifs is 1. The fraction of sp³-hybridized carbons (Fsp3) is 0.182. The van der Waals surface area contributed by atoms with Crippen LogP contribution in [0.3, 0.4) is 0 Å². The van der Waals surface area contributed by atoms with Gasteiger partial charge in [0.05, 0.1) is 22.7 Å². The fourth-order valence-corrected chi connectivity index (χ4v) is 1.97. The number of aryl methyl sites for hydroxylation is 1. The number of imidazole rings is 1. The van der Waals surface area contributed by atoms with Crippen molar-refractivity contribution in [3.05, 3.63) is 28.5 Å². The van der Waals surface area contributed by atoms with Gasteiger partial charge in [-0.25, -0.2) is 0 Å². The third-order valence-electron chi connectivity index (χ3n) is 2.49. The molecule has 5 nitrogen and oxygen atoms in total. The summed E-state index contributed by atoms with van der Waals surface area (Å²) in [5.41, 5.74) is 7.33. The second-order valence-electron chi connectivity index (χ2n) is 3.64. The smallest absolute Gasteiger partial charge is 0.219 e. The van der Waals surface area contributed by atoms with Crippen molar-refractivity contribution >= 4 is 29.2 Å². The maximum Gasteiger partial charge on any atom is 0.219 e. The first-order valence-electron chi connectivity index (χ1n) is 5.03. The van der Waals surface area contributed by atoms with Crippen LogP contribution in [0.4, 0.5) is 0 Å². The molecule has 1 heterocycles. The summed E-state index contributed by atoms with van der Waals surface area (Å²) in [5, 5.41) is 8.84. The summed E-state index contributed by atoms with van der Waals surface area (Å²) in [4.78, 5) is 13.8. The third kappa shape index (κ3) is 2.19. The maximum atomic E-state index is 10.8. The number of aromatic nitrogens is 2. The largest absolute Gasteiger partial charge is 0.370 e. The molecular weight excluding hydrogens is 236 g/mol. The number of amides is 1. The SMILES string of the molecule is N#Cc1ccc2[nH]c(=S)n(CCC(N)=O)c2c1. The lowest BCUT2D eigenvalue weighted by Crippen LogP contribution is -2.13. The van der Waals surface area contributed by atoms with Gasteiger partial charge in [0.15, 0.2) is 4.77 Å². The van der Waals surface area contributed by atoms with Gasteiger partial charge in [-0.3, -0.25) is 4.79 Å². The summed E-state index contributed by atoms with van der Waals surface area (Å²) < 4.78 is 2.30. The van der Waals surface area contributed by atoms with Crippen molar-refractivity contribution in [2.45, 2.75) is 13.0 Å². The Morgan fingerprint density at radius 2 is 2.35 bits per heavy atom. The highest BCUT2D eigenvalue weighted by molar-refractivity contribution is 7.71. The van der Waals surface area contributed by atoms with E-state index in [4.69, 9.17) is 23.2 Å². The summed E-state index contributed by atoms with van der Waals surface area (Å²) in [5.74, 6) is -0.377. The van der Waals surface area contributed by atoms with E-state index in [0.717, 1.165) is 11.0 Å². The first-order chi connectivity index (χ1) is 8.11. The van der Waals surface area contributed by atoms with E-state index in [1.807, 2.05) is 0 Å². The van der Waals surface area contributed by atoms with Crippen LogP contribution < -0.4 is 5.73 Å². The molecule has 1 aromatic heterocycles. The van der Waals surface area contributed by atoms with Crippen LogP contribution >= 0.6 is 12.2 Å². The minimum absolute atomic E-state index is 0.220. The van der Waals surface area contributed by atoms with Crippen molar-refractivity contribution in [3.8, 4) is 6.07 Å². The predicted octanol–water partition coefficient (Wildman–Crippen LogP) is 1.45. The summed E-state index contributed by atoms with van der Waals surface area (Å²) in [7, 11) is 0. The standard InChI is InChI=1S/C11H10N4OS/c12-6-7-1-2-8-9(5-7)15(11(17)14-8)4-3-10(13)16/h1-2,5H,3-4H2,(H2,13,16)(H,14,17). The highest BCUT2D eigenvalue weighted by Crippen LogP contribution is 2.16. The molecule has 1 aromatic carbocycles. The lowest BCUT2D eigenvalue weighted by atomic mass is 10.2. The van der Waals surface area contributed by atoms with Gasteiger partial charge in [-0.15, -0.1) is 0 Å². The molecule has 0 spiro atoms.